The van der Waals surface area contributed by atoms with Crippen LogP contribution in [0, 0.1) is 11.3 Å². The van der Waals surface area contributed by atoms with Crippen LogP contribution >= 0.6 is 27.3 Å². The van der Waals surface area contributed by atoms with Crippen molar-refractivity contribution in [3.63, 3.8) is 0 Å². The second-order valence-corrected chi connectivity index (χ2v) is 20.2. The van der Waals surface area contributed by atoms with Gasteiger partial charge in [-0.1, -0.05) is 33.8 Å². The van der Waals surface area contributed by atoms with Gasteiger partial charge in [0.1, 0.15) is 40.9 Å². The minimum Gasteiger partial charge on any atom is -0.495 e. The Kier molecular flexibility index (Phi) is 12.5. The quantitative estimate of drug-likeness (QED) is 0.136. The first-order valence-corrected chi connectivity index (χ1v) is 22.7. The minimum absolute atomic E-state index is 0.0177. The van der Waals surface area contributed by atoms with Crippen LogP contribution < -0.4 is 30.1 Å². The number of hydrogen-bond donors (Lipinski definition) is 4. The lowest BCUT2D eigenvalue weighted by molar-refractivity contribution is -0.144. The number of anilines is 1. The van der Waals surface area contributed by atoms with Crippen molar-refractivity contribution in [2.75, 3.05) is 19.0 Å². The summed E-state index contributed by atoms with van der Waals surface area (Å²) in [4.78, 5) is 66.7. The van der Waals surface area contributed by atoms with Crippen LogP contribution in [0.15, 0.2) is 40.7 Å². The third-order valence-corrected chi connectivity index (χ3v) is 13.9. The van der Waals surface area contributed by atoms with Crippen LogP contribution in [0.4, 0.5) is 5.13 Å². The number of nitrogens with zero attached hydrogens (tertiary/aromatic N) is 3. The van der Waals surface area contributed by atoms with E-state index in [4.69, 9.17) is 19.4 Å². The lowest BCUT2D eigenvalue weighted by Crippen LogP contribution is -2.60. The standard InChI is InChI=1S/C40H52BrN7O8S2/c1-9-11-31(49)45-34(39(5,6)7)36(51)48-19-23(16-28(48)35(50)46-40(18-22(40)10-2)37(52)47-58(53,54)24-12-13-24)56-30-17-26(27-20-57-38(44-27)42-21(3)4)43-33-25(30)14-15-29(55-8)32(33)41/h10,14-15,17,20-24,28,34H,2,9,11-13,16,18-19H2,1,3-8H3,(H,42,44)(H,45,49)(H,46,50)(H,47,52)/t22-,23-,28+,34-,40-/m1/s1. The van der Waals surface area contributed by atoms with E-state index < -0.39 is 68.1 Å². The van der Waals surface area contributed by atoms with Crippen LogP contribution in [0.5, 0.6) is 11.5 Å². The number of fused-ring (bicyclic) bond motifs is 1. The summed E-state index contributed by atoms with van der Waals surface area (Å²) in [6, 6.07) is 3.39. The van der Waals surface area contributed by atoms with Gasteiger partial charge in [0.2, 0.25) is 27.7 Å². The molecule has 314 valence electrons. The zero-order chi connectivity index (χ0) is 42.3. The van der Waals surface area contributed by atoms with Gasteiger partial charge in [-0.15, -0.1) is 17.9 Å². The fourth-order valence-electron chi connectivity index (χ4n) is 7.15. The summed E-state index contributed by atoms with van der Waals surface area (Å²) in [6.07, 6.45) is 2.63. The third-order valence-electron chi connectivity index (χ3n) is 10.5. The van der Waals surface area contributed by atoms with E-state index in [1.807, 2.05) is 53.0 Å². The van der Waals surface area contributed by atoms with Gasteiger partial charge in [0.05, 0.1) is 34.6 Å². The number of amides is 4. The number of methoxy groups -OCH3 is 1. The SMILES string of the molecule is C=C[C@@H]1C[C@]1(NC(=O)[C@@H]1C[C@@H](Oc2cc(-c3csc(NC(C)C)n3)nc3c(Br)c(OC)ccc23)CN1C(=O)[C@@H](NC(=O)CCC)C(C)(C)C)C(=O)NS(=O)(=O)C1CC1. The summed E-state index contributed by atoms with van der Waals surface area (Å²) >= 11 is 5.09. The van der Waals surface area contributed by atoms with Crippen LogP contribution in [0.3, 0.4) is 0 Å². The van der Waals surface area contributed by atoms with E-state index in [1.54, 1.807) is 19.2 Å². The maximum Gasteiger partial charge on any atom is 0.259 e. The summed E-state index contributed by atoms with van der Waals surface area (Å²) in [6.45, 7) is 15.2. The topological polar surface area (TPSA) is 198 Å². The highest BCUT2D eigenvalue weighted by molar-refractivity contribution is 9.10. The number of sulfonamides is 1. The van der Waals surface area contributed by atoms with Crippen LogP contribution in [0.25, 0.3) is 22.3 Å². The molecule has 2 aliphatic carbocycles. The molecule has 4 amide bonds. The molecule has 3 heterocycles. The number of ether oxygens (including phenoxy) is 2. The number of hydrogen-bond acceptors (Lipinski definition) is 12. The van der Waals surface area contributed by atoms with Crippen LogP contribution in [0.1, 0.15) is 80.1 Å². The van der Waals surface area contributed by atoms with E-state index in [-0.39, 0.29) is 37.8 Å². The first-order valence-electron chi connectivity index (χ1n) is 19.5. The number of thiazole rings is 1. The van der Waals surface area contributed by atoms with Gasteiger partial charge in [0, 0.05) is 41.6 Å². The molecule has 0 radical (unpaired) electrons. The number of rotatable bonds is 16. The second-order valence-electron chi connectivity index (χ2n) is 16.6. The van der Waals surface area contributed by atoms with Crippen molar-refractivity contribution in [2.45, 2.75) is 115 Å². The van der Waals surface area contributed by atoms with E-state index >= 15 is 0 Å². The van der Waals surface area contributed by atoms with Gasteiger partial charge in [-0.05, 0) is 73.0 Å². The Hall–Kier alpha value is -4.29. The van der Waals surface area contributed by atoms with Gasteiger partial charge in [-0.25, -0.2) is 18.4 Å². The molecule has 18 heteroatoms. The fourth-order valence-corrected chi connectivity index (χ4v) is 9.96. The minimum atomic E-state index is -3.91. The predicted octanol–water partition coefficient (Wildman–Crippen LogP) is 5.30. The molecular weight excluding hydrogens is 851 g/mol. The smallest absolute Gasteiger partial charge is 0.259 e. The monoisotopic (exact) mass is 901 g/mol. The van der Waals surface area contributed by atoms with Crippen molar-refractivity contribution < 1.29 is 37.1 Å². The van der Waals surface area contributed by atoms with Crippen molar-refractivity contribution >= 4 is 77.0 Å². The van der Waals surface area contributed by atoms with Gasteiger partial charge in [0.15, 0.2) is 5.13 Å². The molecule has 6 rings (SSSR count). The fraction of sp³-hybridized carbons (Fsp3) is 0.550. The van der Waals surface area contributed by atoms with E-state index in [0.717, 1.165) is 5.13 Å². The Morgan fingerprint density at radius 3 is 2.47 bits per heavy atom. The summed E-state index contributed by atoms with van der Waals surface area (Å²) in [5.41, 5.74) is -0.635. The molecule has 2 aromatic heterocycles. The lowest BCUT2D eigenvalue weighted by Gasteiger charge is -2.35. The number of carbonyl (C=O) groups excluding carboxylic acids is 4. The molecule has 58 heavy (non-hydrogen) atoms. The van der Waals surface area contributed by atoms with Gasteiger partial charge < -0.3 is 30.3 Å². The van der Waals surface area contributed by atoms with E-state index in [2.05, 4.69) is 43.2 Å². The molecule has 3 fully saturated rings. The van der Waals surface area contributed by atoms with Crippen molar-refractivity contribution in [3.8, 4) is 22.9 Å². The molecule has 3 aromatic rings. The van der Waals surface area contributed by atoms with Crippen LogP contribution in [-0.4, -0.2) is 95.6 Å². The van der Waals surface area contributed by atoms with Gasteiger partial charge in [-0.3, -0.25) is 23.9 Å². The molecule has 4 N–H and O–H groups in total. The Bertz CT molecular complexity index is 2220. The average molecular weight is 903 g/mol. The Morgan fingerprint density at radius 1 is 1.14 bits per heavy atom. The van der Waals surface area contributed by atoms with Crippen molar-refractivity contribution in [2.24, 2.45) is 11.3 Å². The summed E-state index contributed by atoms with van der Waals surface area (Å²) in [7, 11) is -2.36. The highest BCUT2D eigenvalue weighted by Crippen LogP contribution is 2.46. The predicted molar refractivity (Wildman–Crippen MR) is 226 cm³/mol. The molecule has 1 saturated heterocycles. The first-order chi connectivity index (χ1) is 27.3. The summed E-state index contributed by atoms with van der Waals surface area (Å²) < 4.78 is 40.7. The number of carbonyl (C=O) groups is 4. The molecule has 1 aromatic carbocycles. The molecular formula is C40H52BrN7O8S2. The van der Waals surface area contributed by atoms with E-state index in [9.17, 15) is 27.6 Å². The van der Waals surface area contributed by atoms with Gasteiger partial charge >= 0.3 is 0 Å². The number of likely N-dealkylation sites (tertiary alicyclic amines) is 1. The Morgan fingerprint density at radius 2 is 1.86 bits per heavy atom. The largest absolute Gasteiger partial charge is 0.495 e. The first kappa shape index (κ1) is 43.3. The number of nitrogens with one attached hydrogen (secondary N) is 4. The van der Waals surface area contributed by atoms with E-state index in [1.165, 1.54) is 22.3 Å². The van der Waals surface area contributed by atoms with E-state index in [0.29, 0.717) is 57.5 Å². The van der Waals surface area contributed by atoms with Gasteiger partial charge in [-0.2, -0.15) is 0 Å². The molecule has 0 unspecified atom stereocenters. The molecule has 0 bridgehead atoms. The highest BCUT2D eigenvalue weighted by atomic mass is 79.9. The molecule has 15 nitrogen and oxygen atoms in total. The number of aromatic nitrogens is 2. The maximum absolute atomic E-state index is 14.7. The summed E-state index contributed by atoms with van der Waals surface area (Å²) in [5, 5.41) is 11.6. The number of pyridine rings is 1. The zero-order valence-electron chi connectivity index (χ0n) is 33.8. The maximum atomic E-state index is 14.7. The summed E-state index contributed by atoms with van der Waals surface area (Å²) in [5.74, 6) is -1.84. The Balaban J connectivity index is 1.36. The Labute approximate surface area is 351 Å². The molecule has 0 spiro atoms. The zero-order valence-corrected chi connectivity index (χ0v) is 37.0. The second kappa shape index (κ2) is 16.8. The molecule has 5 atom stereocenters. The number of benzene rings is 1. The normalized spacial score (nSPS) is 22.3. The number of halogens is 1. The molecule has 3 aliphatic rings. The van der Waals surface area contributed by atoms with Crippen molar-refractivity contribution in [3.05, 3.63) is 40.7 Å². The van der Waals surface area contributed by atoms with Crippen molar-refractivity contribution in [1.82, 2.24) is 30.2 Å². The van der Waals surface area contributed by atoms with Crippen LogP contribution in [0.2, 0.25) is 0 Å². The van der Waals surface area contributed by atoms with Crippen LogP contribution in [-0.2, 0) is 29.2 Å². The lowest BCUT2D eigenvalue weighted by atomic mass is 9.85. The highest BCUT2D eigenvalue weighted by Gasteiger charge is 2.62. The third kappa shape index (κ3) is 9.13. The molecule has 2 saturated carbocycles. The van der Waals surface area contributed by atoms with Gasteiger partial charge in [0.25, 0.3) is 5.91 Å². The molecule has 1 aliphatic heterocycles. The average Bonchev–Trinajstić information content (AvgIpc) is 4.04. The van der Waals surface area contributed by atoms with Crippen molar-refractivity contribution in [1.29, 1.82) is 0 Å².